The molecule has 2 saturated carbocycles. The second-order valence-corrected chi connectivity index (χ2v) is 5.52. The first-order chi connectivity index (χ1) is 7.72. The zero-order chi connectivity index (χ0) is 11.5. The molecular formula is C13H24N2O. The third kappa shape index (κ3) is 2.40. The number of carbonyl (C=O) groups excluding carboxylic acids is 1. The van der Waals surface area contributed by atoms with Crippen molar-refractivity contribution in [2.24, 2.45) is 23.5 Å². The van der Waals surface area contributed by atoms with Crippen molar-refractivity contribution in [2.45, 2.75) is 51.5 Å². The van der Waals surface area contributed by atoms with E-state index in [2.05, 4.69) is 12.2 Å². The maximum atomic E-state index is 12.1. The standard InChI is InChI=1S/C13H24N2O/c1-9(10-4-2-5-10)15-13(16)12-7-3-6-11(12)8-14/h9-12H,2-8,14H2,1H3,(H,15,16). The van der Waals surface area contributed by atoms with Gasteiger partial charge in [0.05, 0.1) is 0 Å². The Labute approximate surface area is 98.2 Å². The van der Waals surface area contributed by atoms with Gasteiger partial charge < -0.3 is 11.1 Å². The highest BCUT2D eigenvalue weighted by molar-refractivity contribution is 5.79. The Balaban J connectivity index is 1.82. The van der Waals surface area contributed by atoms with Gasteiger partial charge in [-0.3, -0.25) is 4.79 Å². The summed E-state index contributed by atoms with van der Waals surface area (Å²) in [5, 5.41) is 3.19. The van der Waals surface area contributed by atoms with Gasteiger partial charge in [0.1, 0.15) is 0 Å². The van der Waals surface area contributed by atoms with Gasteiger partial charge in [0.15, 0.2) is 0 Å². The number of hydrogen-bond donors (Lipinski definition) is 2. The summed E-state index contributed by atoms with van der Waals surface area (Å²) >= 11 is 0. The molecule has 92 valence electrons. The fraction of sp³-hybridized carbons (Fsp3) is 0.923. The maximum Gasteiger partial charge on any atom is 0.223 e. The first kappa shape index (κ1) is 11.9. The van der Waals surface area contributed by atoms with Crippen molar-refractivity contribution in [3.8, 4) is 0 Å². The topological polar surface area (TPSA) is 55.1 Å². The van der Waals surface area contributed by atoms with Crippen LogP contribution in [0.15, 0.2) is 0 Å². The minimum Gasteiger partial charge on any atom is -0.353 e. The highest BCUT2D eigenvalue weighted by Gasteiger charge is 2.34. The van der Waals surface area contributed by atoms with Crippen LogP contribution < -0.4 is 11.1 Å². The summed E-state index contributed by atoms with van der Waals surface area (Å²) in [7, 11) is 0. The van der Waals surface area contributed by atoms with Gasteiger partial charge in [0.25, 0.3) is 0 Å². The molecule has 3 N–H and O–H groups in total. The number of amides is 1. The molecule has 2 aliphatic carbocycles. The van der Waals surface area contributed by atoms with Crippen LogP contribution in [0.1, 0.15) is 45.4 Å². The van der Waals surface area contributed by atoms with E-state index >= 15 is 0 Å². The predicted molar refractivity (Wildman–Crippen MR) is 64.8 cm³/mol. The molecule has 0 heterocycles. The molecule has 3 atom stereocenters. The maximum absolute atomic E-state index is 12.1. The summed E-state index contributed by atoms with van der Waals surface area (Å²) in [6, 6.07) is 0.361. The Morgan fingerprint density at radius 2 is 2.00 bits per heavy atom. The first-order valence-corrected chi connectivity index (χ1v) is 6.72. The van der Waals surface area contributed by atoms with E-state index < -0.39 is 0 Å². The van der Waals surface area contributed by atoms with E-state index in [1.807, 2.05) is 0 Å². The fourth-order valence-electron chi connectivity index (χ4n) is 3.05. The van der Waals surface area contributed by atoms with Gasteiger partial charge in [-0.2, -0.15) is 0 Å². The lowest BCUT2D eigenvalue weighted by Crippen LogP contribution is -2.44. The Morgan fingerprint density at radius 1 is 1.31 bits per heavy atom. The highest BCUT2D eigenvalue weighted by Crippen LogP contribution is 2.33. The van der Waals surface area contributed by atoms with Gasteiger partial charge in [-0.1, -0.05) is 12.8 Å². The molecule has 1 amide bonds. The van der Waals surface area contributed by atoms with Gasteiger partial charge in [-0.05, 0) is 51.0 Å². The van der Waals surface area contributed by atoms with Gasteiger partial charge >= 0.3 is 0 Å². The van der Waals surface area contributed by atoms with Crippen molar-refractivity contribution in [3.63, 3.8) is 0 Å². The van der Waals surface area contributed by atoms with Crippen LogP contribution in [0.25, 0.3) is 0 Å². The van der Waals surface area contributed by atoms with E-state index in [9.17, 15) is 4.79 Å². The van der Waals surface area contributed by atoms with Crippen molar-refractivity contribution in [1.29, 1.82) is 0 Å². The van der Waals surface area contributed by atoms with Gasteiger partial charge in [0, 0.05) is 12.0 Å². The quantitative estimate of drug-likeness (QED) is 0.763. The van der Waals surface area contributed by atoms with Crippen LogP contribution in [-0.2, 0) is 4.79 Å². The zero-order valence-corrected chi connectivity index (χ0v) is 10.2. The Kier molecular flexibility index (Phi) is 3.85. The van der Waals surface area contributed by atoms with Crippen molar-refractivity contribution in [3.05, 3.63) is 0 Å². The molecule has 16 heavy (non-hydrogen) atoms. The van der Waals surface area contributed by atoms with E-state index in [1.165, 1.54) is 19.3 Å². The van der Waals surface area contributed by atoms with E-state index in [0.29, 0.717) is 18.5 Å². The summed E-state index contributed by atoms with van der Waals surface area (Å²) in [6.07, 6.45) is 7.23. The summed E-state index contributed by atoms with van der Waals surface area (Å²) in [5.74, 6) is 1.59. The molecule has 0 radical (unpaired) electrons. The molecule has 0 bridgehead atoms. The van der Waals surface area contributed by atoms with Crippen LogP contribution >= 0.6 is 0 Å². The van der Waals surface area contributed by atoms with Crippen LogP contribution in [0.3, 0.4) is 0 Å². The molecule has 2 aliphatic rings. The van der Waals surface area contributed by atoms with Crippen LogP contribution in [0.5, 0.6) is 0 Å². The van der Waals surface area contributed by atoms with Crippen molar-refractivity contribution in [2.75, 3.05) is 6.54 Å². The van der Waals surface area contributed by atoms with Crippen molar-refractivity contribution >= 4 is 5.91 Å². The monoisotopic (exact) mass is 224 g/mol. The molecular weight excluding hydrogens is 200 g/mol. The molecule has 0 saturated heterocycles. The van der Waals surface area contributed by atoms with Crippen molar-refractivity contribution < 1.29 is 4.79 Å². The van der Waals surface area contributed by atoms with Gasteiger partial charge in [-0.25, -0.2) is 0 Å². The molecule has 0 aliphatic heterocycles. The molecule has 0 aromatic rings. The van der Waals surface area contributed by atoms with Crippen LogP contribution in [0.2, 0.25) is 0 Å². The number of nitrogens with one attached hydrogen (secondary N) is 1. The molecule has 3 unspecified atom stereocenters. The zero-order valence-electron chi connectivity index (χ0n) is 10.2. The average molecular weight is 224 g/mol. The summed E-state index contributed by atoms with van der Waals surface area (Å²) < 4.78 is 0. The second kappa shape index (κ2) is 5.17. The van der Waals surface area contributed by atoms with Crippen molar-refractivity contribution in [1.82, 2.24) is 5.32 Å². The average Bonchev–Trinajstić information content (AvgIpc) is 2.61. The molecule has 2 fully saturated rings. The van der Waals surface area contributed by atoms with E-state index in [4.69, 9.17) is 5.73 Å². The van der Waals surface area contributed by atoms with E-state index in [1.54, 1.807) is 0 Å². The molecule has 3 nitrogen and oxygen atoms in total. The number of carbonyl (C=O) groups is 1. The summed E-state index contributed by atoms with van der Waals surface area (Å²) in [4.78, 5) is 12.1. The molecule has 2 rings (SSSR count). The number of nitrogens with two attached hydrogens (primary N) is 1. The van der Waals surface area contributed by atoms with E-state index in [0.717, 1.165) is 25.2 Å². The molecule has 3 heteroatoms. The van der Waals surface area contributed by atoms with Crippen LogP contribution in [0.4, 0.5) is 0 Å². The van der Waals surface area contributed by atoms with E-state index in [-0.39, 0.29) is 11.8 Å². The van der Waals surface area contributed by atoms with Crippen LogP contribution in [-0.4, -0.2) is 18.5 Å². The number of rotatable bonds is 4. The Hall–Kier alpha value is -0.570. The lowest BCUT2D eigenvalue weighted by atomic mass is 9.80. The third-order valence-electron chi connectivity index (χ3n) is 4.53. The second-order valence-electron chi connectivity index (χ2n) is 5.52. The molecule has 0 aromatic carbocycles. The lowest BCUT2D eigenvalue weighted by Gasteiger charge is -2.33. The third-order valence-corrected chi connectivity index (χ3v) is 4.53. The molecule has 0 spiro atoms. The normalized spacial score (nSPS) is 32.1. The Bertz CT molecular complexity index is 250. The van der Waals surface area contributed by atoms with Gasteiger partial charge in [-0.15, -0.1) is 0 Å². The minimum absolute atomic E-state index is 0.188. The minimum atomic E-state index is 0.188. The summed E-state index contributed by atoms with van der Waals surface area (Å²) in [6.45, 7) is 2.81. The SMILES string of the molecule is CC(NC(=O)C1CCCC1CN)C1CCC1. The smallest absolute Gasteiger partial charge is 0.223 e. The number of hydrogen-bond acceptors (Lipinski definition) is 2. The lowest BCUT2D eigenvalue weighted by molar-refractivity contribution is -0.127. The summed E-state index contributed by atoms with van der Waals surface area (Å²) in [5.41, 5.74) is 5.71. The fourth-order valence-corrected chi connectivity index (χ4v) is 3.05. The first-order valence-electron chi connectivity index (χ1n) is 6.72. The highest BCUT2D eigenvalue weighted by atomic mass is 16.2. The van der Waals surface area contributed by atoms with Crippen LogP contribution in [0, 0.1) is 17.8 Å². The van der Waals surface area contributed by atoms with Gasteiger partial charge in [0.2, 0.25) is 5.91 Å². The molecule has 0 aromatic heterocycles. The predicted octanol–water partition coefficient (Wildman–Crippen LogP) is 1.67. The largest absolute Gasteiger partial charge is 0.353 e. The Morgan fingerprint density at radius 3 is 2.56 bits per heavy atom.